The Morgan fingerprint density at radius 2 is 2.05 bits per heavy atom. The molecule has 0 saturated heterocycles. The van der Waals surface area contributed by atoms with E-state index in [1.165, 1.54) is 0 Å². The molecule has 104 valence electrons. The fourth-order valence-electron chi connectivity index (χ4n) is 2.63. The van der Waals surface area contributed by atoms with Crippen LogP contribution in [0.4, 0.5) is 5.69 Å². The molecule has 0 fully saturated rings. The molecule has 3 rings (SSSR count). The Labute approximate surface area is 126 Å². The summed E-state index contributed by atoms with van der Waals surface area (Å²) in [7, 11) is 0. The van der Waals surface area contributed by atoms with Crippen molar-refractivity contribution >= 4 is 21.6 Å². The molecule has 0 amide bonds. The Morgan fingerprint density at radius 1 is 1.20 bits per heavy atom. The van der Waals surface area contributed by atoms with Crippen LogP contribution in [0.15, 0.2) is 53.0 Å². The molecule has 0 spiro atoms. The summed E-state index contributed by atoms with van der Waals surface area (Å²) in [4.78, 5) is 0. The van der Waals surface area contributed by atoms with Gasteiger partial charge in [0.1, 0.15) is 5.75 Å². The molecule has 1 aliphatic rings. The van der Waals surface area contributed by atoms with Crippen LogP contribution in [-0.4, -0.2) is 18.3 Å². The van der Waals surface area contributed by atoms with Gasteiger partial charge in [0.2, 0.25) is 0 Å². The highest BCUT2D eigenvalue weighted by atomic mass is 79.9. The Morgan fingerprint density at radius 3 is 2.85 bits per heavy atom. The molecule has 0 saturated carbocycles. The SMILES string of the molecule is OCC1(Nc2cccc(Br)c2)CCOc2ccccc21. The normalized spacial score (nSPS) is 20.9. The van der Waals surface area contributed by atoms with Crippen LogP contribution in [0, 0.1) is 0 Å². The van der Waals surface area contributed by atoms with Crippen molar-refractivity contribution < 1.29 is 9.84 Å². The monoisotopic (exact) mass is 333 g/mol. The van der Waals surface area contributed by atoms with Crippen molar-refractivity contribution in [2.75, 3.05) is 18.5 Å². The summed E-state index contributed by atoms with van der Waals surface area (Å²) in [6.45, 7) is 0.623. The molecule has 1 atom stereocenters. The zero-order chi connectivity index (χ0) is 14.0. The molecule has 2 aromatic carbocycles. The maximum absolute atomic E-state index is 9.99. The zero-order valence-electron chi connectivity index (χ0n) is 11.0. The van der Waals surface area contributed by atoms with Crippen LogP contribution < -0.4 is 10.1 Å². The molecular formula is C16H16BrNO2. The minimum atomic E-state index is -0.490. The summed E-state index contributed by atoms with van der Waals surface area (Å²) in [5.74, 6) is 0.843. The third-order valence-electron chi connectivity index (χ3n) is 3.67. The average Bonchev–Trinajstić information content (AvgIpc) is 2.47. The van der Waals surface area contributed by atoms with Crippen LogP contribution >= 0.6 is 15.9 Å². The van der Waals surface area contributed by atoms with E-state index in [1.54, 1.807) is 0 Å². The highest BCUT2D eigenvalue weighted by Crippen LogP contribution is 2.39. The number of aliphatic hydroxyl groups excluding tert-OH is 1. The van der Waals surface area contributed by atoms with Gasteiger partial charge in [0, 0.05) is 22.1 Å². The molecule has 4 heteroatoms. The second-order valence-corrected chi connectivity index (χ2v) is 5.89. The van der Waals surface area contributed by atoms with Gasteiger partial charge >= 0.3 is 0 Å². The van der Waals surface area contributed by atoms with E-state index in [-0.39, 0.29) is 6.61 Å². The van der Waals surface area contributed by atoms with Crippen molar-refractivity contribution in [1.29, 1.82) is 0 Å². The van der Waals surface area contributed by atoms with Gasteiger partial charge in [-0.25, -0.2) is 0 Å². The molecule has 3 nitrogen and oxygen atoms in total. The van der Waals surface area contributed by atoms with Gasteiger partial charge in [-0.15, -0.1) is 0 Å². The number of para-hydroxylation sites is 1. The van der Waals surface area contributed by atoms with Crippen molar-refractivity contribution in [2.24, 2.45) is 0 Å². The lowest BCUT2D eigenvalue weighted by Gasteiger charge is -2.39. The quantitative estimate of drug-likeness (QED) is 0.902. The van der Waals surface area contributed by atoms with Crippen LogP contribution in [0.5, 0.6) is 5.75 Å². The van der Waals surface area contributed by atoms with Crippen molar-refractivity contribution in [3.05, 3.63) is 58.6 Å². The van der Waals surface area contributed by atoms with Gasteiger partial charge in [0.15, 0.2) is 0 Å². The molecule has 1 unspecified atom stereocenters. The average molecular weight is 334 g/mol. The minimum absolute atomic E-state index is 0.0277. The molecule has 0 aromatic heterocycles. The molecule has 0 bridgehead atoms. The second kappa shape index (κ2) is 5.46. The van der Waals surface area contributed by atoms with Crippen molar-refractivity contribution in [1.82, 2.24) is 0 Å². The summed E-state index contributed by atoms with van der Waals surface area (Å²) in [5, 5.41) is 13.5. The van der Waals surface area contributed by atoms with E-state index in [0.717, 1.165) is 27.9 Å². The first-order valence-electron chi connectivity index (χ1n) is 6.60. The van der Waals surface area contributed by atoms with E-state index in [9.17, 15) is 5.11 Å². The summed E-state index contributed by atoms with van der Waals surface area (Å²) < 4.78 is 6.69. The Bertz CT molecular complexity index is 617. The van der Waals surface area contributed by atoms with Crippen LogP contribution in [0.25, 0.3) is 0 Å². The number of aliphatic hydroxyl groups is 1. The first-order chi connectivity index (χ1) is 9.73. The first kappa shape index (κ1) is 13.5. The fourth-order valence-corrected chi connectivity index (χ4v) is 3.03. The van der Waals surface area contributed by atoms with Gasteiger partial charge in [0.25, 0.3) is 0 Å². The number of hydrogen-bond acceptors (Lipinski definition) is 3. The maximum Gasteiger partial charge on any atom is 0.124 e. The number of ether oxygens (including phenoxy) is 1. The number of anilines is 1. The number of fused-ring (bicyclic) bond motifs is 1. The summed E-state index contributed by atoms with van der Waals surface area (Å²) in [6, 6.07) is 15.8. The number of rotatable bonds is 3. The number of nitrogens with one attached hydrogen (secondary N) is 1. The lowest BCUT2D eigenvalue weighted by Crippen LogP contribution is -2.43. The van der Waals surface area contributed by atoms with E-state index >= 15 is 0 Å². The lowest BCUT2D eigenvalue weighted by atomic mass is 9.85. The number of benzene rings is 2. The van der Waals surface area contributed by atoms with Gasteiger partial charge in [-0.3, -0.25) is 0 Å². The van der Waals surface area contributed by atoms with E-state index in [4.69, 9.17) is 4.74 Å². The summed E-state index contributed by atoms with van der Waals surface area (Å²) in [5.41, 5.74) is 1.49. The third kappa shape index (κ3) is 2.41. The van der Waals surface area contributed by atoms with E-state index in [2.05, 4.69) is 21.2 Å². The van der Waals surface area contributed by atoms with E-state index in [0.29, 0.717) is 6.61 Å². The van der Waals surface area contributed by atoms with Crippen molar-refractivity contribution in [3.8, 4) is 5.75 Å². The van der Waals surface area contributed by atoms with Crippen molar-refractivity contribution in [2.45, 2.75) is 12.0 Å². The summed E-state index contributed by atoms with van der Waals surface area (Å²) >= 11 is 3.47. The third-order valence-corrected chi connectivity index (χ3v) is 4.16. The molecule has 2 N–H and O–H groups in total. The van der Waals surface area contributed by atoms with Gasteiger partial charge < -0.3 is 15.2 Å². The molecule has 0 radical (unpaired) electrons. The highest BCUT2D eigenvalue weighted by molar-refractivity contribution is 9.10. The van der Waals surface area contributed by atoms with Gasteiger partial charge in [0.05, 0.1) is 18.8 Å². The Hall–Kier alpha value is -1.52. The highest BCUT2D eigenvalue weighted by Gasteiger charge is 2.37. The van der Waals surface area contributed by atoms with Gasteiger partial charge in [-0.2, -0.15) is 0 Å². The zero-order valence-corrected chi connectivity index (χ0v) is 12.6. The molecule has 1 aliphatic heterocycles. The Kier molecular flexibility index (Phi) is 3.68. The number of halogens is 1. The number of hydrogen-bond donors (Lipinski definition) is 2. The molecular weight excluding hydrogens is 318 g/mol. The molecule has 20 heavy (non-hydrogen) atoms. The minimum Gasteiger partial charge on any atom is -0.493 e. The van der Waals surface area contributed by atoms with Gasteiger partial charge in [-0.05, 0) is 24.3 Å². The first-order valence-corrected chi connectivity index (χ1v) is 7.40. The predicted octanol–water partition coefficient (Wildman–Crippen LogP) is 3.53. The molecule has 0 aliphatic carbocycles. The predicted molar refractivity (Wildman–Crippen MR) is 83.1 cm³/mol. The maximum atomic E-state index is 9.99. The van der Waals surface area contributed by atoms with Gasteiger partial charge in [-0.1, -0.05) is 40.2 Å². The van der Waals surface area contributed by atoms with Crippen LogP contribution in [-0.2, 0) is 5.54 Å². The van der Waals surface area contributed by atoms with Crippen LogP contribution in [0.3, 0.4) is 0 Å². The lowest BCUT2D eigenvalue weighted by molar-refractivity contribution is 0.152. The van der Waals surface area contributed by atoms with E-state index < -0.39 is 5.54 Å². The fraction of sp³-hybridized carbons (Fsp3) is 0.250. The summed E-state index contributed by atoms with van der Waals surface area (Å²) in [6.07, 6.45) is 0.729. The smallest absolute Gasteiger partial charge is 0.124 e. The van der Waals surface area contributed by atoms with Crippen LogP contribution in [0.1, 0.15) is 12.0 Å². The van der Waals surface area contributed by atoms with Crippen LogP contribution in [0.2, 0.25) is 0 Å². The topological polar surface area (TPSA) is 41.5 Å². The molecule has 1 heterocycles. The second-order valence-electron chi connectivity index (χ2n) is 4.97. The van der Waals surface area contributed by atoms with Crippen molar-refractivity contribution in [3.63, 3.8) is 0 Å². The Balaban J connectivity index is 2.00. The van der Waals surface area contributed by atoms with E-state index in [1.807, 2.05) is 48.5 Å². The largest absolute Gasteiger partial charge is 0.493 e. The standard InChI is InChI=1S/C16H16BrNO2/c17-12-4-3-5-13(10-12)18-16(11-19)8-9-20-15-7-2-1-6-14(15)16/h1-7,10,18-19H,8-9,11H2. The molecule has 2 aromatic rings.